The van der Waals surface area contributed by atoms with Gasteiger partial charge < -0.3 is 9.84 Å². The molecule has 0 radical (unpaired) electrons. The van der Waals surface area contributed by atoms with Gasteiger partial charge in [0.05, 0.1) is 12.0 Å². The van der Waals surface area contributed by atoms with Crippen molar-refractivity contribution >= 4 is 17.4 Å². The fourth-order valence-corrected chi connectivity index (χ4v) is 2.40. The molecule has 0 bridgehead atoms. The highest BCUT2D eigenvalue weighted by Gasteiger charge is 2.15. The van der Waals surface area contributed by atoms with Crippen LogP contribution in [0.4, 0.5) is 5.69 Å². The highest BCUT2D eigenvalue weighted by molar-refractivity contribution is 7.99. The summed E-state index contributed by atoms with van der Waals surface area (Å²) in [6.45, 7) is 2.19. The van der Waals surface area contributed by atoms with E-state index in [0.717, 1.165) is 12.0 Å². The van der Waals surface area contributed by atoms with Gasteiger partial charge in [-0.05, 0) is 18.1 Å². The number of nitrogens with zero attached hydrogens (tertiary/aromatic N) is 1. The molecule has 0 aromatic heterocycles. The molecule has 6 heteroatoms. The average Bonchev–Trinajstić information content (AvgIpc) is 2.36. The lowest BCUT2D eigenvalue weighted by Crippen LogP contribution is -2.00. The van der Waals surface area contributed by atoms with Gasteiger partial charge in [-0.2, -0.15) is 11.8 Å². The lowest BCUT2D eigenvalue weighted by molar-refractivity contribution is -0.385. The van der Waals surface area contributed by atoms with Crippen molar-refractivity contribution < 1.29 is 14.8 Å². The Balaban J connectivity index is 2.73. The van der Waals surface area contributed by atoms with Crippen LogP contribution in [-0.2, 0) is 5.75 Å². The van der Waals surface area contributed by atoms with E-state index in [1.54, 1.807) is 17.8 Å². The van der Waals surface area contributed by atoms with Gasteiger partial charge in [-0.3, -0.25) is 10.1 Å². The SMILES string of the molecule is COc1ccc(CSC(C)CCO)cc1[N+](=O)[O-]. The Kier molecular flexibility index (Phi) is 5.94. The average molecular weight is 271 g/mol. The molecule has 18 heavy (non-hydrogen) atoms. The largest absolute Gasteiger partial charge is 0.490 e. The van der Waals surface area contributed by atoms with Crippen molar-refractivity contribution in [2.24, 2.45) is 0 Å². The van der Waals surface area contributed by atoms with Gasteiger partial charge in [0.1, 0.15) is 0 Å². The second-order valence-electron chi connectivity index (χ2n) is 3.90. The fraction of sp³-hybridized carbons (Fsp3) is 0.500. The molecule has 1 N–H and O–H groups in total. The molecule has 0 amide bonds. The van der Waals surface area contributed by atoms with Crippen LogP contribution >= 0.6 is 11.8 Å². The van der Waals surface area contributed by atoms with E-state index < -0.39 is 4.92 Å². The standard InChI is InChI=1S/C12H17NO4S/c1-9(5-6-14)18-8-10-3-4-12(17-2)11(7-10)13(15)16/h3-4,7,9,14H,5-6,8H2,1-2H3. The van der Waals surface area contributed by atoms with Crippen LogP contribution in [0.3, 0.4) is 0 Å². The van der Waals surface area contributed by atoms with Gasteiger partial charge in [-0.1, -0.05) is 13.0 Å². The maximum atomic E-state index is 10.9. The quantitative estimate of drug-likeness (QED) is 0.609. The van der Waals surface area contributed by atoms with Crippen molar-refractivity contribution in [2.45, 2.75) is 24.3 Å². The van der Waals surface area contributed by atoms with E-state index in [0.29, 0.717) is 11.0 Å². The van der Waals surface area contributed by atoms with E-state index in [4.69, 9.17) is 9.84 Å². The summed E-state index contributed by atoms with van der Waals surface area (Å²) in [6, 6.07) is 4.98. The number of nitro groups is 1. The van der Waals surface area contributed by atoms with E-state index in [1.165, 1.54) is 13.2 Å². The Labute approximate surface area is 110 Å². The zero-order valence-electron chi connectivity index (χ0n) is 10.5. The van der Waals surface area contributed by atoms with Crippen LogP contribution in [-0.4, -0.2) is 29.0 Å². The second-order valence-corrected chi connectivity index (χ2v) is 5.32. The van der Waals surface area contributed by atoms with Gasteiger partial charge in [0.25, 0.3) is 0 Å². The summed E-state index contributed by atoms with van der Waals surface area (Å²) in [6.07, 6.45) is 0.725. The number of benzene rings is 1. The molecular weight excluding hydrogens is 254 g/mol. The summed E-state index contributed by atoms with van der Waals surface area (Å²) < 4.78 is 4.94. The van der Waals surface area contributed by atoms with Crippen molar-refractivity contribution in [3.05, 3.63) is 33.9 Å². The Hall–Kier alpha value is -1.27. The van der Waals surface area contributed by atoms with Crippen LogP contribution in [0.25, 0.3) is 0 Å². The summed E-state index contributed by atoms with van der Waals surface area (Å²) >= 11 is 1.66. The molecular formula is C12H17NO4S. The predicted octanol–water partition coefficient (Wildman–Crippen LogP) is 2.61. The number of thioether (sulfide) groups is 1. The van der Waals surface area contributed by atoms with E-state index in [-0.39, 0.29) is 18.0 Å². The molecule has 1 aromatic rings. The maximum Gasteiger partial charge on any atom is 0.311 e. The van der Waals surface area contributed by atoms with Gasteiger partial charge in [0.15, 0.2) is 5.75 Å². The molecule has 5 nitrogen and oxygen atoms in total. The third-order valence-electron chi connectivity index (χ3n) is 2.51. The summed E-state index contributed by atoms with van der Waals surface area (Å²) in [5.74, 6) is 0.962. The Bertz CT molecular complexity index is 411. The van der Waals surface area contributed by atoms with Crippen molar-refractivity contribution in [2.75, 3.05) is 13.7 Å². The normalized spacial score (nSPS) is 12.2. The first kappa shape index (κ1) is 14.8. The number of aliphatic hydroxyl groups is 1. The molecule has 0 saturated heterocycles. The molecule has 0 fully saturated rings. The summed E-state index contributed by atoms with van der Waals surface area (Å²) in [7, 11) is 1.42. The zero-order chi connectivity index (χ0) is 13.5. The van der Waals surface area contributed by atoms with Gasteiger partial charge in [0, 0.05) is 23.7 Å². The molecule has 100 valence electrons. The number of rotatable bonds is 7. The molecule has 0 aliphatic heterocycles. The third kappa shape index (κ3) is 4.19. The molecule has 0 spiro atoms. The minimum absolute atomic E-state index is 0.00888. The first-order valence-corrected chi connectivity index (χ1v) is 6.67. The van der Waals surface area contributed by atoms with Crippen molar-refractivity contribution in [1.29, 1.82) is 0 Å². The molecule has 1 rings (SSSR count). The van der Waals surface area contributed by atoms with Crippen LogP contribution in [0.15, 0.2) is 18.2 Å². The lowest BCUT2D eigenvalue weighted by atomic mass is 10.2. The minimum Gasteiger partial charge on any atom is -0.490 e. The minimum atomic E-state index is -0.440. The topological polar surface area (TPSA) is 72.6 Å². The van der Waals surface area contributed by atoms with E-state index >= 15 is 0 Å². The molecule has 1 aromatic carbocycles. The van der Waals surface area contributed by atoms with Gasteiger partial charge >= 0.3 is 5.69 Å². The van der Waals surface area contributed by atoms with Gasteiger partial charge in [-0.25, -0.2) is 0 Å². The lowest BCUT2D eigenvalue weighted by Gasteiger charge is -2.09. The number of methoxy groups -OCH3 is 1. The zero-order valence-corrected chi connectivity index (χ0v) is 11.3. The Morgan fingerprint density at radius 2 is 2.28 bits per heavy atom. The molecule has 1 atom stereocenters. The van der Waals surface area contributed by atoms with Crippen LogP contribution < -0.4 is 4.74 Å². The van der Waals surface area contributed by atoms with Crippen molar-refractivity contribution in [3.8, 4) is 5.75 Å². The number of hydrogen-bond acceptors (Lipinski definition) is 5. The van der Waals surface area contributed by atoms with E-state index in [1.807, 2.05) is 13.0 Å². The van der Waals surface area contributed by atoms with Crippen LogP contribution in [0.2, 0.25) is 0 Å². The third-order valence-corrected chi connectivity index (χ3v) is 3.81. The fourth-order valence-electron chi connectivity index (χ4n) is 1.47. The summed E-state index contributed by atoms with van der Waals surface area (Å²) in [4.78, 5) is 10.4. The number of hydrogen-bond donors (Lipinski definition) is 1. The van der Waals surface area contributed by atoms with Crippen LogP contribution in [0.5, 0.6) is 5.75 Å². The first-order valence-electron chi connectivity index (χ1n) is 5.62. The second kappa shape index (κ2) is 7.23. The van der Waals surface area contributed by atoms with Crippen LogP contribution in [0.1, 0.15) is 18.9 Å². The van der Waals surface area contributed by atoms with Crippen LogP contribution in [0, 0.1) is 10.1 Å². The highest BCUT2D eigenvalue weighted by atomic mass is 32.2. The molecule has 0 heterocycles. The molecule has 1 unspecified atom stereocenters. The predicted molar refractivity (Wildman–Crippen MR) is 72.1 cm³/mol. The smallest absolute Gasteiger partial charge is 0.311 e. The maximum absolute atomic E-state index is 10.9. The van der Waals surface area contributed by atoms with Gasteiger partial charge in [-0.15, -0.1) is 0 Å². The van der Waals surface area contributed by atoms with Crippen molar-refractivity contribution in [1.82, 2.24) is 0 Å². The number of nitro benzene ring substituents is 1. The molecule has 0 saturated carbocycles. The van der Waals surface area contributed by atoms with E-state index in [2.05, 4.69) is 0 Å². The van der Waals surface area contributed by atoms with Crippen molar-refractivity contribution in [3.63, 3.8) is 0 Å². The summed E-state index contributed by atoms with van der Waals surface area (Å²) in [5.41, 5.74) is 0.878. The first-order chi connectivity index (χ1) is 8.58. The monoisotopic (exact) mass is 271 g/mol. The molecule has 0 aliphatic carbocycles. The Morgan fingerprint density at radius 1 is 1.56 bits per heavy atom. The number of aliphatic hydroxyl groups excluding tert-OH is 1. The molecule has 0 aliphatic rings. The van der Waals surface area contributed by atoms with E-state index in [9.17, 15) is 10.1 Å². The highest BCUT2D eigenvalue weighted by Crippen LogP contribution is 2.29. The summed E-state index contributed by atoms with van der Waals surface area (Å²) in [5, 5.41) is 20.0. The Morgan fingerprint density at radius 3 is 2.83 bits per heavy atom. The van der Waals surface area contributed by atoms with Gasteiger partial charge in [0.2, 0.25) is 0 Å². The number of ether oxygens (including phenoxy) is 1.